The number of aromatic nitrogens is 4. The number of H-pyrrole nitrogens is 1. The number of hydrogen-bond donors (Lipinski definition) is 2. The van der Waals surface area contributed by atoms with Gasteiger partial charge in [0.2, 0.25) is 5.95 Å². The number of hydrogen-bond acceptors (Lipinski definition) is 5. The fourth-order valence-corrected chi connectivity index (χ4v) is 2.49. The van der Waals surface area contributed by atoms with Crippen LogP contribution in [0.25, 0.3) is 0 Å². The third-order valence-electron chi connectivity index (χ3n) is 2.44. The third kappa shape index (κ3) is 3.08. The Labute approximate surface area is 111 Å². The quantitative estimate of drug-likeness (QED) is 0.876. The maximum Gasteiger partial charge on any atom is 0.281 e. The van der Waals surface area contributed by atoms with Crippen molar-refractivity contribution in [2.24, 2.45) is 0 Å². The highest BCUT2D eigenvalue weighted by Gasteiger charge is 2.18. The lowest BCUT2D eigenvalue weighted by Crippen LogP contribution is -2.16. The van der Waals surface area contributed by atoms with Crippen LogP contribution in [-0.4, -0.2) is 28.4 Å². The normalized spacial score (nSPS) is 11.5. The SMILES string of the molecule is CCc1ncc(S(=O)(=O)Nc2nc(C)cc(C)n2)[nH]1. The summed E-state index contributed by atoms with van der Waals surface area (Å²) in [4.78, 5) is 14.8. The number of nitrogens with zero attached hydrogens (tertiary/aromatic N) is 3. The molecule has 0 aromatic carbocycles. The minimum absolute atomic E-state index is 0.00658. The van der Waals surface area contributed by atoms with Gasteiger partial charge in [-0.3, -0.25) is 0 Å². The van der Waals surface area contributed by atoms with Crippen LogP contribution in [0.2, 0.25) is 0 Å². The maximum absolute atomic E-state index is 12.1. The summed E-state index contributed by atoms with van der Waals surface area (Å²) in [7, 11) is -3.73. The third-order valence-corrected chi connectivity index (χ3v) is 3.68. The van der Waals surface area contributed by atoms with Crippen molar-refractivity contribution >= 4 is 16.0 Å². The van der Waals surface area contributed by atoms with Gasteiger partial charge in [0.05, 0.1) is 6.20 Å². The highest BCUT2D eigenvalue weighted by molar-refractivity contribution is 7.92. The van der Waals surface area contributed by atoms with E-state index >= 15 is 0 Å². The van der Waals surface area contributed by atoms with Gasteiger partial charge in [-0.2, -0.15) is 8.42 Å². The molecule has 0 aliphatic heterocycles. The number of nitrogens with one attached hydrogen (secondary N) is 2. The van der Waals surface area contributed by atoms with E-state index in [2.05, 4.69) is 24.7 Å². The Hall–Kier alpha value is -1.96. The van der Waals surface area contributed by atoms with Gasteiger partial charge >= 0.3 is 0 Å². The molecule has 2 heterocycles. The van der Waals surface area contributed by atoms with Crippen LogP contribution in [0.3, 0.4) is 0 Å². The number of sulfonamides is 1. The molecule has 7 nitrogen and oxygen atoms in total. The molecule has 0 radical (unpaired) electrons. The average Bonchev–Trinajstić information content (AvgIpc) is 2.75. The molecule has 19 heavy (non-hydrogen) atoms. The summed E-state index contributed by atoms with van der Waals surface area (Å²) in [6.07, 6.45) is 1.92. The van der Waals surface area contributed by atoms with Crippen molar-refractivity contribution < 1.29 is 8.42 Å². The average molecular weight is 281 g/mol. The van der Waals surface area contributed by atoms with Crippen molar-refractivity contribution in [2.45, 2.75) is 32.2 Å². The first kappa shape index (κ1) is 13.5. The van der Waals surface area contributed by atoms with E-state index in [1.54, 1.807) is 19.9 Å². The lowest BCUT2D eigenvalue weighted by molar-refractivity contribution is 0.597. The van der Waals surface area contributed by atoms with Crippen LogP contribution in [-0.2, 0) is 16.4 Å². The first-order chi connectivity index (χ1) is 8.90. The minimum Gasteiger partial charge on any atom is -0.332 e. The lowest BCUT2D eigenvalue weighted by Gasteiger charge is -2.06. The van der Waals surface area contributed by atoms with Crippen molar-refractivity contribution in [1.29, 1.82) is 0 Å². The Morgan fingerprint density at radius 2 is 1.89 bits per heavy atom. The molecule has 102 valence electrons. The van der Waals surface area contributed by atoms with Gasteiger partial charge in [0.15, 0.2) is 5.03 Å². The van der Waals surface area contributed by atoms with Crippen LogP contribution in [0.5, 0.6) is 0 Å². The Kier molecular flexibility index (Phi) is 3.52. The molecule has 0 unspecified atom stereocenters. The zero-order chi connectivity index (χ0) is 14.0. The van der Waals surface area contributed by atoms with Gasteiger partial charge in [0.1, 0.15) is 5.82 Å². The molecule has 0 bridgehead atoms. The smallest absolute Gasteiger partial charge is 0.281 e. The van der Waals surface area contributed by atoms with E-state index in [0.717, 1.165) is 0 Å². The van der Waals surface area contributed by atoms with Gasteiger partial charge in [0.25, 0.3) is 10.0 Å². The van der Waals surface area contributed by atoms with Gasteiger partial charge in [-0.1, -0.05) is 6.92 Å². The maximum atomic E-state index is 12.1. The highest BCUT2D eigenvalue weighted by Crippen LogP contribution is 2.12. The molecule has 0 saturated heterocycles. The predicted octanol–water partition coefficient (Wildman–Crippen LogP) is 1.18. The van der Waals surface area contributed by atoms with E-state index < -0.39 is 10.0 Å². The van der Waals surface area contributed by atoms with E-state index in [4.69, 9.17) is 0 Å². The fourth-order valence-electron chi connectivity index (χ4n) is 1.61. The Balaban J connectivity index is 2.30. The first-order valence-electron chi connectivity index (χ1n) is 5.79. The summed E-state index contributed by atoms with van der Waals surface area (Å²) in [5.41, 5.74) is 1.40. The van der Waals surface area contributed by atoms with E-state index in [1.807, 2.05) is 6.92 Å². The molecule has 0 fully saturated rings. The van der Waals surface area contributed by atoms with Crippen molar-refractivity contribution in [3.8, 4) is 0 Å². The summed E-state index contributed by atoms with van der Waals surface area (Å²) >= 11 is 0. The van der Waals surface area contributed by atoms with E-state index in [1.165, 1.54) is 6.20 Å². The molecule has 2 rings (SSSR count). The molecule has 2 aromatic rings. The van der Waals surface area contributed by atoms with E-state index in [9.17, 15) is 8.42 Å². The molecule has 0 aliphatic rings. The number of anilines is 1. The lowest BCUT2D eigenvalue weighted by atomic mass is 10.4. The number of aryl methyl sites for hydroxylation is 3. The second-order valence-corrected chi connectivity index (χ2v) is 5.78. The zero-order valence-corrected chi connectivity index (χ0v) is 11.7. The molecule has 2 N–H and O–H groups in total. The molecular weight excluding hydrogens is 266 g/mol. The summed E-state index contributed by atoms with van der Waals surface area (Å²) in [5, 5.41) is 0.00658. The molecule has 0 spiro atoms. The molecule has 0 atom stereocenters. The summed E-state index contributed by atoms with van der Waals surface area (Å²) in [5.74, 6) is 0.673. The second kappa shape index (κ2) is 4.96. The van der Waals surface area contributed by atoms with Crippen LogP contribution >= 0.6 is 0 Å². The summed E-state index contributed by atoms with van der Waals surface area (Å²) in [6, 6.07) is 1.77. The molecule has 8 heteroatoms. The first-order valence-corrected chi connectivity index (χ1v) is 7.28. The van der Waals surface area contributed by atoms with Crippen LogP contribution in [0.1, 0.15) is 24.1 Å². The largest absolute Gasteiger partial charge is 0.332 e. The summed E-state index contributed by atoms with van der Waals surface area (Å²) in [6.45, 7) is 5.44. The van der Waals surface area contributed by atoms with Crippen LogP contribution in [0.4, 0.5) is 5.95 Å². The number of rotatable bonds is 4. The number of aromatic amines is 1. The van der Waals surface area contributed by atoms with E-state index in [-0.39, 0.29) is 11.0 Å². The topological polar surface area (TPSA) is 101 Å². The standard InChI is InChI=1S/C11H15N5O2S/c1-4-9-12-6-10(15-9)19(17,18)16-11-13-7(2)5-8(3)14-11/h5-6H,4H2,1-3H3,(H,12,15)(H,13,14,16). The number of imidazole rings is 1. The Bertz CT molecular complexity index is 673. The predicted molar refractivity (Wildman–Crippen MR) is 70.3 cm³/mol. The molecule has 2 aromatic heterocycles. The Morgan fingerprint density at radius 3 is 2.42 bits per heavy atom. The minimum atomic E-state index is -3.73. The second-order valence-electron chi connectivity index (χ2n) is 4.13. The van der Waals surface area contributed by atoms with Crippen molar-refractivity contribution in [3.63, 3.8) is 0 Å². The summed E-state index contributed by atoms with van der Waals surface area (Å²) < 4.78 is 26.5. The van der Waals surface area contributed by atoms with Gasteiger partial charge < -0.3 is 4.98 Å². The van der Waals surface area contributed by atoms with Gasteiger partial charge in [-0.15, -0.1) is 0 Å². The molecule has 0 amide bonds. The molecule has 0 aliphatic carbocycles. The fraction of sp³-hybridized carbons (Fsp3) is 0.364. The molecular formula is C11H15N5O2S. The van der Waals surface area contributed by atoms with Crippen molar-refractivity contribution in [2.75, 3.05) is 4.72 Å². The van der Waals surface area contributed by atoms with Gasteiger partial charge in [-0.05, 0) is 19.9 Å². The highest BCUT2D eigenvalue weighted by atomic mass is 32.2. The van der Waals surface area contributed by atoms with Crippen LogP contribution in [0, 0.1) is 13.8 Å². The van der Waals surface area contributed by atoms with Crippen LogP contribution in [0.15, 0.2) is 17.3 Å². The Morgan fingerprint density at radius 1 is 1.26 bits per heavy atom. The van der Waals surface area contributed by atoms with Crippen LogP contribution < -0.4 is 4.72 Å². The molecule has 0 saturated carbocycles. The van der Waals surface area contributed by atoms with Crippen molar-refractivity contribution in [3.05, 3.63) is 29.5 Å². The monoisotopic (exact) mass is 281 g/mol. The van der Waals surface area contributed by atoms with Crippen molar-refractivity contribution in [1.82, 2.24) is 19.9 Å². The van der Waals surface area contributed by atoms with Gasteiger partial charge in [-0.25, -0.2) is 19.7 Å². The van der Waals surface area contributed by atoms with Gasteiger partial charge in [0, 0.05) is 17.8 Å². The zero-order valence-electron chi connectivity index (χ0n) is 10.9. The van der Waals surface area contributed by atoms with E-state index in [0.29, 0.717) is 23.6 Å².